The van der Waals surface area contributed by atoms with Crippen molar-refractivity contribution in [3.05, 3.63) is 24.0 Å². The van der Waals surface area contributed by atoms with Crippen LogP contribution in [0.3, 0.4) is 0 Å². The molecule has 1 aromatic heterocycles. The van der Waals surface area contributed by atoms with Crippen molar-refractivity contribution in [2.24, 2.45) is 30.5 Å². The van der Waals surface area contributed by atoms with Crippen molar-refractivity contribution in [1.82, 2.24) is 9.55 Å². The molecule has 2 saturated carbocycles. The quantitative estimate of drug-likeness (QED) is 0.857. The highest BCUT2D eigenvalue weighted by Crippen LogP contribution is 2.42. The Hall–Kier alpha value is -1.66. The number of rotatable bonds is 2. The molecule has 3 N–H and O–H groups in total. The van der Waals surface area contributed by atoms with Gasteiger partial charge in [0.25, 0.3) is 0 Å². The summed E-state index contributed by atoms with van der Waals surface area (Å²) in [5, 5.41) is 2.91. The molecule has 5 nitrogen and oxygen atoms in total. The summed E-state index contributed by atoms with van der Waals surface area (Å²) in [6.07, 6.45) is 5.17. The lowest BCUT2D eigenvalue weighted by Crippen LogP contribution is -2.48. The van der Waals surface area contributed by atoms with E-state index >= 15 is 0 Å². The molecule has 2 aliphatic carbocycles. The van der Waals surface area contributed by atoms with E-state index in [2.05, 4.69) is 10.3 Å². The molecule has 0 radical (unpaired) electrons. The van der Waals surface area contributed by atoms with Crippen molar-refractivity contribution >= 4 is 35.3 Å². The second kappa shape index (κ2) is 6.92. The van der Waals surface area contributed by atoms with Crippen molar-refractivity contribution in [3.63, 3.8) is 0 Å². The van der Waals surface area contributed by atoms with Gasteiger partial charge >= 0.3 is 0 Å². The number of nitrogens with two attached hydrogens (primary N) is 1. The maximum atomic E-state index is 13.9. The summed E-state index contributed by atoms with van der Waals surface area (Å²) in [5.41, 5.74) is 7.26. The van der Waals surface area contributed by atoms with Crippen LogP contribution in [0.2, 0.25) is 0 Å². The van der Waals surface area contributed by atoms with Gasteiger partial charge in [0, 0.05) is 19.0 Å². The number of nitrogens with zero attached hydrogens (tertiary/aromatic N) is 2. The number of nitrogens with one attached hydrogen (secondary N) is 1. The third-order valence-electron chi connectivity index (χ3n) is 5.88. The normalized spacial score (nSPS) is 28.4. The van der Waals surface area contributed by atoms with Gasteiger partial charge in [-0.3, -0.25) is 10.1 Å². The molecule has 2 unspecified atom stereocenters. The lowest BCUT2D eigenvalue weighted by atomic mass is 9.65. The maximum absolute atomic E-state index is 13.9. The van der Waals surface area contributed by atoms with E-state index in [0.29, 0.717) is 23.3 Å². The minimum absolute atomic E-state index is 0. The fraction of sp³-hybridized carbons (Fsp3) is 0.556. The number of amides is 1. The van der Waals surface area contributed by atoms with Gasteiger partial charge in [0.15, 0.2) is 5.82 Å². The van der Waals surface area contributed by atoms with Crippen LogP contribution < -0.4 is 11.1 Å². The molecule has 136 valence electrons. The summed E-state index contributed by atoms with van der Waals surface area (Å²) in [5.74, 6) is 0.890. The number of aromatic nitrogens is 2. The molecule has 2 aliphatic rings. The molecule has 2 fully saturated rings. The number of carbonyl (C=O) groups is 1. The molecule has 2 atom stereocenters. The van der Waals surface area contributed by atoms with Gasteiger partial charge in [-0.1, -0.05) is 12.5 Å². The van der Waals surface area contributed by atoms with Gasteiger partial charge in [0.1, 0.15) is 5.52 Å². The van der Waals surface area contributed by atoms with E-state index in [1.54, 1.807) is 23.7 Å². The number of carbonyl (C=O) groups excluding carboxylic acids is 1. The molecule has 0 saturated heterocycles. The Labute approximate surface area is 152 Å². The Bertz CT molecular complexity index is 779. The zero-order chi connectivity index (χ0) is 16.8. The van der Waals surface area contributed by atoms with E-state index in [9.17, 15) is 9.18 Å². The lowest BCUT2D eigenvalue weighted by Gasteiger charge is -2.43. The molecular formula is C18H24ClFN4O. The Kier molecular flexibility index (Phi) is 5.02. The minimum Gasteiger partial charge on any atom is -0.327 e. The number of hydrogen-bond donors (Lipinski definition) is 2. The van der Waals surface area contributed by atoms with E-state index in [0.717, 1.165) is 25.7 Å². The molecule has 4 rings (SSSR count). The topological polar surface area (TPSA) is 72.9 Å². The highest BCUT2D eigenvalue weighted by molar-refractivity contribution is 5.93. The second-order valence-corrected chi connectivity index (χ2v) is 7.29. The number of anilines is 1. The Morgan fingerprint density at radius 2 is 2.00 bits per heavy atom. The summed E-state index contributed by atoms with van der Waals surface area (Å²) in [4.78, 5) is 17.0. The average Bonchev–Trinajstić information content (AvgIpc) is 2.85. The zero-order valence-electron chi connectivity index (χ0n) is 14.2. The van der Waals surface area contributed by atoms with E-state index in [1.165, 1.54) is 12.5 Å². The first-order chi connectivity index (χ1) is 11.5. The number of fused-ring (bicyclic) bond motifs is 3. The van der Waals surface area contributed by atoms with Crippen LogP contribution in [0.1, 0.15) is 32.1 Å². The van der Waals surface area contributed by atoms with Gasteiger partial charge in [0.05, 0.1) is 5.52 Å². The Morgan fingerprint density at radius 3 is 2.64 bits per heavy atom. The van der Waals surface area contributed by atoms with Crippen LogP contribution in [0, 0.1) is 23.6 Å². The first kappa shape index (κ1) is 18.1. The van der Waals surface area contributed by atoms with Crippen LogP contribution >= 0.6 is 12.4 Å². The fourth-order valence-electron chi connectivity index (χ4n) is 4.51. The first-order valence-electron chi connectivity index (χ1n) is 8.72. The number of imidazole rings is 1. The number of halogens is 2. The predicted molar refractivity (Wildman–Crippen MR) is 98.1 cm³/mol. The van der Waals surface area contributed by atoms with Gasteiger partial charge in [-0.05, 0) is 49.7 Å². The van der Waals surface area contributed by atoms with Crippen molar-refractivity contribution in [1.29, 1.82) is 0 Å². The third-order valence-corrected chi connectivity index (χ3v) is 5.88. The van der Waals surface area contributed by atoms with Crippen molar-refractivity contribution < 1.29 is 9.18 Å². The van der Waals surface area contributed by atoms with Gasteiger partial charge in [-0.15, -0.1) is 12.4 Å². The SMILES string of the molecule is Cl.Cn1c(NC(=O)C2CC3CCCC(C2)C3N)nc2c(F)cccc21. The molecule has 1 amide bonds. The van der Waals surface area contributed by atoms with Crippen LogP contribution in [0.15, 0.2) is 18.2 Å². The van der Waals surface area contributed by atoms with E-state index < -0.39 is 0 Å². The minimum atomic E-state index is -0.373. The van der Waals surface area contributed by atoms with Gasteiger partial charge in [0.2, 0.25) is 11.9 Å². The molecule has 1 aromatic carbocycles. The van der Waals surface area contributed by atoms with Crippen LogP contribution in [-0.2, 0) is 11.8 Å². The largest absolute Gasteiger partial charge is 0.327 e. The summed E-state index contributed by atoms with van der Waals surface area (Å²) >= 11 is 0. The molecule has 2 aromatic rings. The summed E-state index contributed by atoms with van der Waals surface area (Å²) < 4.78 is 15.6. The number of para-hydroxylation sites is 1. The monoisotopic (exact) mass is 366 g/mol. The van der Waals surface area contributed by atoms with E-state index in [-0.39, 0.29) is 41.6 Å². The smallest absolute Gasteiger partial charge is 0.229 e. The Morgan fingerprint density at radius 1 is 1.32 bits per heavy atom. The average molecular weight is 367 g/mol. The Balaban J connectivity index is 0.00000182. The third kappa shape index (κ3) is 3.13. The van der Waals surface area contributed by atoms with E-state index in [1.807, 2.05) is 0 Å². The molecule has 0 spiro atoms. The molecule has 7 heteroatoms. The molecule has 0 aliphatic heterocycles. The maximum Gasteiger partial charge on any atom is 0.229 e. The molecule has 2 bridgehead atoms. The van der Waals surface area contributed by atoms with Gasteiger partial charge < -0.3 is 10.3 Å². The number of hydrogen-bond acceptors (Lipinski definition) is 3. The summed E-state index contributed by atoms with van der Waals surface area (Å²) in [7, 11) is 1.79. The standard InChI is InChI=1S/C18H23FN4O.ClH/c1-23-14-7-3-6-13(19)16(14)21-18(23)22-17(24)12-8-10-4-2-5-11(9-12)15(10)20;/h3,6-7,10-12,15H,2,4-5,8-9,20H2,1H3,(H,21,22,24);1H. The highest BCUT2D eigenvalue weighted by Gasteiger charge is 2.40. The van der Waals surface area contributed by atoms with Crippen LogP contribution in [0.4, 0.5) is 10.3 Å². The molecular weight excluding hydrogens is 343 g/mol. The molecule has 1 heterocycles. The predicted octanol–water partition coefficient (Wildman–Crippen LogP) is 3.23. The lowest BCUT2D eigenvalue weighted by molar-refractivity contribution is -0.122. The van der Waals surface area contributed by atoms with Crippen LogP contribution in [0.5, 0.6) is 0 Å². The van der Waals surface area contributed by atoms with Crippen LogP contribution in [-0.4, -0.2) is 21.5 Å². The number of aryl methyl sites for hydroxylation is 1. The second-order valence-electron chi connectivity index (χ2n) is 7.29. The number of benzene rings is 1. The van der Waals surface area contributed by atoms with Crippen molar-refractivity contribution in [2.75, 3.05) is 5.32 Å². The highest BCUT2D eigenvalue weighted by atomic mass is 35.5. The van der Waals surface area contributed by atoms with Gasteiger partial charge in [-0.2, -0.15) is 0 Å². The fourth-order valence-corrected chi connectivity index (χ4v) is 4.51. The summed E-state index contributed by atoms with van der Waals surface area (Å²) in [6.45, 7) is 0. The first-order valence-corrected chi connectivity index (χ1v) is 8.72. The van der Waals surface area contributed by atoms with Crippen molar-refractivity contribution in [2.45, 2.75) is 38.1 Å². The molecule has 25 heavy (non-hydrogen) atoms. The van der Waals surface area contributed by atoms with Crippen LogP contribution in [0.25, 0.3) is 11.0 Å². The van der Waals surface area contributed by atoms with Gasteiger partial charge in [-0.25, -0.2) is 9.37 Å². The summed E-state index contributed by atoms with van der Waals surface area (Å²) in [6, 6.07) is 5.07. The van der Waals surface area contributed by atoms with E-state index in [4.69, 9.17) is 5.73 Å². The van der Waals surface area contributed by atoms with Crippen molar-refractivity contribution in [3.8, 4) is 0 Å². The zero-order valence-corrected chi connectivity index (χ0v) is 15.1.